The fraction of sp³-hybridized carbons (Fsp3) is 0.138. The summed E-state index contributed by atoms with van der Waals surface area (Å²) in [5.41, 5.74) is -0.0370. The lowest BCUT2D eigenvalue weighted by Crippen LogP contribution is -2.31. The Labute approximate surface area is 236 Å². The van der Waals surface area contributed by atoms with Crippen molar-refractivity contribution in [3.05, 3.63) is 114 Å². The molecule has 0 spiro atoms. The molecule has 11 heteroatoms. The van der Waals surface area contributed by atoms with Gasteiger partial charge in [-0.15, -0.1) is 0 Å². The van der Waals surface area contributed by atoms with E-state index in [0.717, 1.165) is 6.07 Å². The summed E-state index contributed by atoms with van der Waals surface area (Å²) in [6.07, 6.45) is -4.52. The van der Waals surface area contributed by atoms with E-state index >= 15 is 0 Å². The van der Waals surface area contributed by atoms with E-state index in [9.17, 15) is 21.6 Å². The summed E-state index contributed by atoms with van der Waals surface area (Å²) in [5, 5.41) is 5.66. The van der Waals surface area contributed by atoms with Gasteiger partial charge in [-0.25, -0.2) is 8.42 Å². The van der Waals surface area contributed by atoms with Crippen LogP contribution in [0.15, 0.2) is 108 Å². The van der Waals surface area contributed by atoms with Crippen LogP contribution in [0.25, 0.3) is 0 Å². The van der Waals surface area contributed by atoms with Gasteiger partial charge in [0, 0.05) is 13.1 Å². The third kappa shape index (κ3) is 6.91. The molecule has 0 saturated carbocycles. The van der Waals surface area contributed by atoms with E-state index < -0.39 is 21.8 Å². The molecule has 208 valence electrons. The first-order valence-corrected chi connectivity index (χ1v) is 14.1. The molecule has 0 bridgehead atoms. The number of benzene rings is 4. The van der Waals surface area contributed by atoms with Crippen LogP contribution in [0.3, 0.4) is 0 Å². The van der Waals surface area contributed by atoms with Crippen molar-refractivity contribution in [1.82, 2.24) is 5.32 Å². The molecule has 4 rings (SSSR count). The summed E-state index contributed by atoms with van der Waals surface area (Å²) in [6.45, 7) is 1.72. The highest BCUT2D eigenvalue weighted by molar-refractivity contribution is 7.92. The maximum absolute atomic E-state index is 13.6. The molecule has 40 heavy (non-hydrogen) atoms. The minimum atomic E-state index is -4.52. The molecule has 2 N–H and O–H groups in total. The minimum Gasteiger partial charge on any atom is -0.455 e. The van der Waals surface area contributed by atoms with Crippen molar-refractivity contribution >= 4 is 38.7 Å². The van der Waals surface area contributed by atoms with Gasteiger partial charge in [-0.1, -0.05) is 54.6 Å². The van der Waals surface area contributed by atoms with Crippen molar-refractivity contribution in [3.63, 3.8) is 0 Å². The molecule has 0 fully saturated rings. The van der Waals surface area contributed by atoms with E-state index in [1.807, 2.05) is 6.07 Å². The molecule has 6 nitrogen and oxygen atoms in total. The van der Waals surface area contributed by atoms with Crippen molar-refractivity contribution in [2.45, 2.75) is 24.5 Å². The van der Waals surface area contributed by atoms with Crippen molar-refractivity contribution < 1.29 is 26.3 Å². The third-order valence-electron chi connectivity index (χ3n) is 5.85. The Morgan fingerprint density at radius 2 is 1.52 bits per heavy atom. The fourth-order valence-corrected chi connectivity index (χ4v) is 5.66. The van der Waals surface area contributed by atoms with Gasteiger partial charge < -0.3 is 15.4 Å². The third-order valence-corrected chi connectivity index (χ3v) is 8.00. The molecular weight excluding hydrogens is 559 g/mol. The SMILES string of the molecule is CCN(c1ccccc1)S(=O)(=O)c1ccc(Oc2ccccc2)c(NC(=S)NCc2ccccc2C(F)(F)F)c1. The van der Waals surface area contributed by atoms with E-state index in [1.165, 1.54) is 40.7 Å². The Kier molecular flexibility index (Phi) is 8.96. The van der Waals surface area contributed by atoms with E-state index in [2.05, 4.69) is 10.6 Å². The Balaban J connectivity index is 1.63. The highest BCUT2D eigenvalue weighted by Gasteiger charge is 2.32. The molecule has 4 aromatic rings. The monoisotopic (exact) mass is 585 g/mol. The fourth-order valence-electron chi connectivity index (χ4n) is 3.98. The molecule has 0 aliphatic carbocycles. The molecular formula is C29H26F3N3O3S2. The second kappa shape index (κ2) is 12.4. The maximum Gasteiger partial charge on any atom is 0.416 e. The molecule has 0 aliphatic heterocycles. The molecule has 0 amide bonds. The normalized spacial score (nSPS) is 11.5. The number of rotatable bonds is 9. The minimum absolute atomic E-state index is 0.0117. The summed E-state index contributed by atoms with van der Waals surface area (Å²) < 4.78 is 74.7. The number of hydrogen-bond donors (Lipinski definition) is 2. The van der Waals surface area contributed by atoms with Gasteiger partial charge in [0.15, 0.2) is 10.9 Å². The number of halogens is 3. The molecule has 0 radical (unpaired) electrons. The number of thiocarbonyl (C=S) groups is 1. The Bertz CT molecular complexity index is 1570. The first-order valence-electron chi connectivity index (χ1n) is 12.2. The number of nitrogens with zero attached hydrogens (tertiary/aromatic N) is 1. The lowest BCUT2D eigenvalue weighted by molar-refractivity contribution is -0.138. The highest BCUT2D eigenvalue weighted by atomic mass is 32.2. The van der Waals surface area contributed by atoms with E-state index in [0.29, 0.717) is 11.4 Å². The summed E-state index contributed by atoms with van der Waals surface area (Å²) in [5.74, 6) is 0.770. The van der Waals surface area contributed by atoms with Gasteiger partial charge in [-0.3, -0.25) is 4.31 Å². The van der Waals surface area contributed by atoms with Gasteiger partial charge in [-0.05, 0) is 73.2 Å². The lowest BCUT2D eigenvalue weighted by Gasteiger charge is -2.24. The van der Waals surface area contributed by atoms with Crippen molar-refractivity contribution in [3.8, 4) is 11.5 Å². The van der Waals surface area contributed by atoms with Crippen LogP contribution in [0.5, 0.6) is 11.5 Å². The van der Waals surface area contributed by atoms with E-state index in [1.54, 1.807) is 61.5 Å². The first kappa shape index (κ1) is 28.9. The van der Waals surface area contributed by atoms with Crippen molar-refractivity contribution in [2.75, 3.05) is 16.2 Å². The number of hydrogen-bond acceptors (Lipinski definition) is 4. The number of nitrogens with one attached hydrogen (secondary N) is 2. The van der Waals surface area contributed by atoms with Gasteiger partial charge in [0.05, 0.1) is 21.8 Å². The van der Waals surface area contributed by atoms with Crippen LogP contribution in [0.2, 0.25) is 0 Å². The predicted molar refractivity (Wildman–Crippen MR) is 154 cm³/mol. The second-order valence-electron chi connectivity index (χ2n) is 8.54. The van der Waals surface area contributed by atoms with Crippen LogP contribution >= 0.6 is 12.2 Å². The largest absolute Gasteiger partial charge is 0.455 e. The number of ether oxygens (including phenoxy) is 1. The molecule has 0 aromatic heterocycles. The molecule has 0 heterocycles. The van der Waals surface area contributed by atoms with Gasteiger partial charge >= 0.3 is 6.18 Å². The average molecular weight is 586 g/mol. The summed E-state index contributed by atoms with van der Waals surface area (Å²) in [4.78, 5) is -0.0219. The maximum atomic E-state index is 13.6. The molecule has 0 unspecified atom stereocenters. The average Bonchev–Trinajstić information content (AvgIpc) is 2.94. The molecule has 0 saturated heterocycles. The number of alkyl halides is 3. The number of para-hydroxylation sites is 2. The van der Waals surface area contributed by atoms with Crippen molar-refractivity contribution in [1.29, 1.82) is 0 Å². The van der Waals surface area contributed by atoms with Crippen LogP contribution in [-0.4, -0.2) is 20.1 Å². The van der Waals surface area contributed by atoms with Gasteiger partial charge in [0.1, 0.15) is 5.75 Å². The number of sulfonamides is 1. The Morgan fingerprint density at radius 1 is 0.900 bits per heavy atom. The van der Waals surface area contributed by atoms with Crippen LogP contribution in [0, 0.1) is 0 Å². The lowest BCUT2D eigenvalue weighted by atomic mass is 10.1. The summed E-state index contributed by atoms with van der Waals surface area (Å²) in [6, 6.07) is 27.0. The van der Waals surface area contributed by atoms with Gasteiger partial charge in [0.2, 0.25) is 0 Å². The van der Waals surface area contributed by atoms with Crippen LogP contribution in [0.4, 0.5) is 24.5 Å². The Hall–Kier alpha value is -4.09. The first-order chi connectivity index (χ1) is 19.1. The smallest absolute Gasteiger partial charge is 0.416 e. The number of anilines is 2. The van der Waals surface area contributed by atoms with Crippen LogP contribution < -0.4 is 19.7 Å². The summed E-state index contributed by atoms with van der Waals surface area (Å²) in [7, 11) is -3.98. The van der Waals surface area contributed by atoms with Gasteiger partial charge in [-0.2, -0.15) is 13.2 Å². The predicted octanol–water partition coefficient (Wildman–Crippen LogP) is 7.20. The van der Waals surface area contributed by atoms with E-state index in [4.69, 9.17) is 17.0 Å². The van der Waals surface area contributed by atoms with Crippen molar-refractivity contribution in [2.24, 2.45) is 0 Å². The van der Waals surface area contributed by atoms with Crippen LogP contribution in [0.1, 0.15) is 18.1 Å². The standard InChI is InChI=1S/C29H26F3N3O3S2/c1-2-35(22-12-5-3-6-13-22)40(36,37)24-17-18-27(38-23-14-7-4-8-15-23)26(19-24)34-28(39)33-20-21-11-9-10-16-25(21)29(30,31)32/h3-19H,2,20H2,1H3,(H2,33,34,39). The van der Waals surface area contributed by atoms with Crippen LogP contribution in [-0.2, 0) is 22.7 Å². The molecule has 0 aliphatic rings. The topological polar surface area (TPSA) is 70.7 Å². The molecule has 4 aromatic carbocycles. The van der Waals surface area contributed by atoms with Gasteiger partial charge in [0.25, 0.3) is 10.0 Å². The zero-order valence-corrected chi connectivity index (χ0v) is 23.0. The zero-order chi connectivity index (χ0) is 28.8. The second-order valence-corrected chi connectivity index (χ2v) is 10.8. The summed E-state index contributed by atoms with van der Waals surface area (Å²) >= 11 is 5.36. The van der Waals surface area contributed by atoms with E-state index in [-0.39, 0.29) is 40.1 Å². The molecule has 0 atom stereocenters. The quantitative estimate of drug-likeness (QED) is 0.203. The zero-order valence-electron chi connectivity index (χ0n) is 21.4. The highest BCUT2D eigenvalue weighted by Crippen LogP contribution is 2.34. The Morgan fingerprint density at radius 3 is 2.17 bits per heavy atom.